The van der Waals surface area contributed by atoms with Crippen molar-refractivity contribution in [2.45, 2.75) is 32.2 Å². The Labute approximate surface area is 125 Å². The number of carboxylic acid groups (broad SMARTS) is 1. The standard InChI is InChI=1S/C16H23NO4/c1-20-14-9-12-6-8-17(7-4-3-5-16(18)19)11-13(12)10-15(14)21-2/h9-10H,3-8,11H2,1-2H3,(H,18,19). The molecule has 1 aromatic carbocycles. The van der Waals surface area contributed by atoms with Gasteiger partial charge < -0.3 is 24.3 Å². The molecule has 0 fully saturated rings. The lowest BCUT2D eigenvalue weighted by Gasteiger charge is -2.27. The quantitative estimate of drug-likeness (QED) is 0.693. The predicted octanol–water partition coefficient (Wildman–Crippen LogP) is -0.435. The molecule has 1 aromatic rings. The molecule has 1 N–H and O–H groups in total. The van der Waals surface area contributed by atoms with Crippen molar-refractivity contribution in [1.82, 2.24) is 0 Å². The fraction of sp³-hybridized carbons (Fsp3) is 0.562. The van der Waals surface area contributed by atoms with Crippen LogP contribution in [0.15, 0.2) is 12.1 Å². The van der Waals surface area contributed by atoms with E-state index >= 15 is 0 Å². The number of quaternary nitrogens is 1. The summed E-state index contributed by atoms with van der Waals surface area (Å²) in [6.45, 7) is 3.04. The largest absolute Gasteiger partial charge is 0.550 e. The average molecular weight is 293 g/mol. The number of hydrogen-bond acceptors (Lipinski definition) is 4. The van der Waals surface area contributed by atoms with Crippen molar-refractivity contribution in [2.24, 2.45) is 0 Å². The minimum Gasteiger partial charge on any atom is -0.550 e. The Hall–Kier alpha value is -1.75. The van der Waals surface area contributed by atoms with Crippen molar-refractivity contribution in [3.63, 3.8) is 0 Å². The maximum absolute atomic E-state index is 10.4. The van der Waals surface area contributed by atoms with Gasteiger partial charge in [0.05, 0.1) is 27.3 Å². The molecule has 0 amide bonds. The number of nitrogens with one attached hydrogen (secondary N) is 1. The van der Waals surface area contributed by atoms with Crippen LogP contribution >= 0.6 is 0 Å². The van der Waals surface area contributed by atoms with Gasteiger partial charge in [0, 0.05) is 18.0 Å². The molecule has 0 radical (unpaired) electrons. The van der Waals surface area contributed by atoms with Gasteiger partial charge in [-0.25, -0.2) is 0 Å². The topological polar surface area (TPSA) is 63.0 Å². The molecule has 0 spiro atoms. The normalized spacial score (nSPS) is 17.1. The van der Waals surface area contributed by atoms with Crippen LogP contribution in [-0.4, -0.2) is 33.3 Å². The van der Waals surface area contributed by atoms with Crippen LogP contribution < -0.4 is 19.5 Å². The molecule has 0 aliphatic carbocycles. The van der Waals surface area contributed by atoms with Gasteiger partial charge >= 0.3 is 0 Å². The first-order chi connectivity index (χ1) is 10.1. The summed E-state index contributed by atoms with van der Waals surface area (Å²) in [7, 11) is 3.31. The molecule has 0 bridgehead atoms. The SMILES string of the molecule is COc1cc2c(cc1OC)C[NH+](CCCCC(=O)[O-])CC2. The summed E-state index contributed by atoms with van der Waals surface area (Å²) >= 11 is 0. The molecule has 5 nitrogen and oxygen atoms in total. The van der Waals surface area contributed by atoms with Gasteiger partial charge in [0.15, 0.2) is 11.5 Å². The van der Waals surface area contributed by atoms with E-state index < -0.39 is 5.97 Å². The Balaban J connectivity index is 1.95. The third-order valence-corrected chi connectivity index (χ3v) is 4.06. The molecule has 0 aromatic heterocycles. The number of fused-ring (bicyclic) bond motifs is 1. The summed E-state index contributed by atoms with van der Waals surface area (Å²) in [5.41, 5.74) is 2.62. The maximum atomic E-state index is 10.4. The number of aliphatic carboxylic acids is 1. The average Bonchev–Trinajstić information content (AvgIpc) is 2.49. The van der Waals surface area contributed by atoms with Crippen molar-refractivity contribution < 1.29 is 24.3 Å². The Morgan fingerprint density at radius 1 is 1.19 bits per heavy atom. The first-order valence-electron chi connectivity index (χ1n) is 7.41. The van der Waals surface area contributed by atoms with Crippen molar-refractivity contribution in [3.8, 4) is 11.5 Å². The molecular formula is C16H23NO4. The number of hydrogen-bond donors (Lipinski definition) is 1. The number of carboxylic acids is 1. The van der Waals surface area contributed by atoms with Crippen LogP contribution in [0.1, 0.15) is 30.4 Å². The highest BCUT2D eigenvalue weighted by atomic mass is 16.5. The van der Waals surface area contributed by atoms with Gasteiger partial charge in [-0.3, -0.25) is 0 Å². The number of unbranched alkanes of at least 4 members (excludes halogenated alkanes) is 1. The molecule has 1 aliphatic rings. The molecule has 0 saturated heterocycles. The van der Waals surface area contributed by atoms with E-state index in [4.69, 9.17) is 9.47 Å². The zero-order valence-electron chi connectivity index (χ0n) is 12.7. The molecule has 116 valence electrons. The number of methoxy groups -OCH3 is 2. The third kappa shape index (κ3) is 4.11. The Morgan fingerprint density at radius 3 is 2.48 bits per heavy atom. The second kappa shape index (κ2) is 7.31. The lowest BCUT2D eigenvalue weighted by Crippen LogP contribution is -3.11. The van der Waals surface area contributed by atoms with Gasteiger partial charge in [0.1, 0.15) is 6.54 Å². The van der Waals surface area contributed by atoms with E-state index in [-0.39, 0.29) is 6.42 Å². The van der Waals surface area contributed by atoms with E-state index in [0.29, 0.717) is 6.42 Å². The second-order valence-corrected chi connectivity index (χ2v) is 5.48. The summed E-state index contributed by atoms with van der Waals surface area (Å²) in [5.74, 6) is 0.605. The first kappa shape index (κ1) is 15.6. The number of benzene rings is 1. The van der Waals surface area contributed by atoms with Crippen LogP contribution in [0.5, 0.6) is 11.5 Å². The van der Waals surface area contributed by atoms with Gasteiger partial charge in [-0.1, -0.05) is 0 Å². The van der Waals surface area contributed by atoms with Crippen molar-refractivity contribution in [2.75, 3.05) is 27.3 Å². The molecule has 21 heavy (non-hydrogen) atoms. The van der Waals surface area contributed by atoms with E-state index in [1.807, 2.05) is 0 Å². The number of ether oxygens (including phenoxy) is 2. The Kier molecular flexibility index (Phi) is 5.44. The molecule has 1 atom stereocenters. The number of carbonyl (C=O) groups is 1. The summed E-state index contributed by atoms with van der Waals surface area (Å²) in [4.78, 5) is 11.9. The second-order valence-electron chi connectivity index (χ2n) is 5.48. The highest BCUT2D eigenvalue weighted by Crippen LogP contribution is 2.31. The Bertz CT molecular complexity index is 501. The predicted molar refractivity (Wildman–Crippen MR) is 76.5 cm³/mol. The van der Waals surface area contributed by atoms with Crippen LogP contribution in [0, 0.1) is 0 Å². The van der Waals surface area contributed by atoms with Gasteiger partial charge in [0.2, 0.25) is 0 Å². The van der Waals surface area contributed by atoms with Crippen molar-refractivity contribution >= 4 is 5.97 Å². The molecule has 5 heteroatoms. The highest BCUT2D eigenvalue weighted by molar-refractivity contribution is 5.64. The van der Waals surface area contributed by atoms with Gasteiger partial charge in [-0.15, -0.1) is 0 Å². The van der Waals surface area contributed by atoms with E-state index in [1.165, 1.54) is 16.0 Å². The van der Waals surface area contributed by atoms with Crippen LogP contribution in [0.3, 0.4) is 0 Å². The summed E-state index contributed by atoms with van der Waals surface area (Å²) in [5, 5.41) is 10.4. The van der Waals surface area contributed by atoms with E-state index in [2.05, 4.69) is 12.1 Å². The third-order valence-electron chi connectivity index (χ3n) is 4.06. The molecule has 1 aliphatic heterocycles. The van der Waals surface area contributed by atoms with Crippen LogP contribution in [0.25, 0.3) is 0 Å². The molecule has 1 heterocycles. The monoisotopic (exact) mass is 293 g/mol. The van der Waals surface area contributed by atoms with E-state index in [9.17, 15) is 9.90 Å². The minimum absolute atomic E-state index is 0.162. The Morgan fingerprint density at radius 2 is 1.86 bits per heavy atom. The molecule has 1 unspecified atom stereocenters. The van der Waals surface area contributed by atoms with Crippen molar-refractivity contribution in [1.29, 1.82) is 0 Å². The lowest BCUT2D eigenvalue weighted by atomic mass is 9.98. The molecule has 2 rings (SSSR count). The van der Waals surface area contributed by atoms with Crippen LogP contribution in [0.4, 0.5) is 0 Å². The fourth-order valence-electron chi connectivity index (χ4n) is 2.89. The smallest absolute Gasteiger partial charge is 0.161 e. The van der Waals surface area contributed by atoms with E-state index in [0.717, 1.165) is 44.0 Å². The summed E-state index contributed by atoms with van der Waals surface area (Å²) in [6, 6.07) is 4.13. The molecular weight excluding hydrogens is 270 g/mol. The summed E-state index contributed by atoms with van der Waals surface area (Å²) in [6.07, 6.45) is 2.80. The van der Waals surface area contributed by atoms with Crippen LogP contribution in [-0.2, 0) is 17.8 Å². The number of rotatable bonds is 7. The maximum Gasteiger partial charge on any atom is 0.161 e. The van der Waals surface area contributed by atoms with Gasteiger partial charge in [-0.05, 0) is 37.0 Å². The van der Waals surface area contributed by atoms with Crippen LogP contribution in [0.2, 0.25) is 0 Å². The zero-order chi connectivity index (χ0) is 15.2. The number of carbonyl (C=O) groups excluding carboxylic acids is 1. The van der Waals surface area contributed by atoms with E-state index in [1.54, 1.807) is 14.2 Å². The fourth-order valence-corrected chi connectivity index (χ4v) is 2.89. The first-order valence-corrected chi connectivity index (χ1v) is 7.41. The van der Waals surface area contributed by atoms with Crippen molar-refractivity contribution in [3.05, 3.63) is 23.3 Å². The molecule has 0 saturated carbocycles. The van der Waals surface area contributed by atoms with Gasteiger partial charge in [0.25, 0.3) is 0 Å². The lowest BCUT2D eigenvalue weighted by molar-refractivity contribution is -0.916. The highest BCUT2D eigenvalue weighted by Gasteiger charge is 2.21. The minimum atomic E-state index is -0.953. The summed E-state index contributed by atoms with van der Waals surface area (Å²) < 4.78 is 10.7. The van der Waals surface area contributed by atoms with Gasteiger partial charge in [-0.2, -0.15) is 0 Å². The zero-order valence-corrected chi connectivity index (χ0v) is 12.7.